The number of pyridine rings is 1. The van der Waals surface area contributed by atoms with Crippen LogP contribution in [-0.2, 0) is 6.54 Å². The van der Waals surface area contributed by atoms with Crippen LogP contribution in [0.4, 0.5) is 11.6 Å². The van der Waals surface area contributed by atoms with E-state index in [9.17, 15) is 0 Å². The highest BCUT2D eigenvalue weighted by molar-refractivity contribution is 5.79. The molecule has 35 heavy (non-hydrogen) atoms. The molecule has 0 saturated heterocycles. The fraction of sp³-hybridized carbons (Fsp3) is 0.231. The molecule has 0 spiro atoms. The molecule has 0 radical (unpaired) electrons. The fourth-order valence-electron chi connectivity index (χ4n) is 4.29. The van der Waals surface area contributed by atoms with E-state index in [0.717, 1.165) is 45.9 Å². The summed E-state index contributed by atoms with van der Waals surface area (Å²) < 4.78 is 3.83. The summed E-state index contributed by atoms with van der Waals surface area (Å²) in [4.78, 5) is 13.4. The van der Waals surface area contributed by atoms with Crippen LogP contribution in [0, 0.1) is 31.1 Å². The number of fused-ring (bicyclic) bond motifs is 1. The zero-order chi connectivity index (χ0) is 23.9. The number of hydrogen-bond donors (Lipinski definition) is 1. The van der Waals surface area contributed by atoms with Gasteiger partial charge in [-0.05, 0) is 56.9 Å². The van der Waals surface area contributed by atoms with Crippen molar-refractivity contribution in [1.82, 2.24) is 34.5 Å². The van der Waals surface area contributed by atoms with Crippen LogP contribution in [0.1, 0.15) is 29.7 Å². The summed E-state index contributed by atoms with van der Waals surface area (Å²) in [7, 11) is 0. The van der Waals surface area contributed by atoms with E-state index in [0.29, 0.717) is 23.1 Å². The van der Waals surface area contributed by atoms with Crippen molar-refractivity contribution in [2.45, 2.75) is 33.2 Å². The van der Waals surface area contributed by atoms with E-state index in [1.807, 2.05) is 54.1 Å². The summed E-state index contributed by atoms with van der Waals surface area (Å²) in [5, 5.41) is 22.2. The number of rotatable bonds is 6. The maximum absolute atomic E-state index is 9.14. The minimum absolute atomic E-state index is 0.632. The van der Waals surface area contributed by atoms with Gasteiger partial charge >= 0.3 is 0 Å². The number of nitriles is 1. The minimum Gasteiger partial charge on any atom is -0.325 e. The van der Waals surface area contributed by atoms with E-state index in [4.69, 9.17) is 10.4 Å². The molecule has 1 saturated carbocycles. The second kappa shape index (κ2) is 8.33. The molecule has 1 fully saturated rings. The van der Waals surface area contributed by atoms with Crippen molar-refractivity contribution in [2.24, 2.45) is 5.92 Å². The molecule has 0 aliphatic heterocycles. The third kappa shape index (κ3) is 3.89. The Bertz CT molecular complexity index is 1580. The summed E-state index contributed by atoms with van der Waals surface area (Å²) >= 11 is 0. The normalized spacial score (nSPS) is 13.2. The Morgan fingerprint density at radius 1 is 1.06 bits per heavy atom. The lowest BCUT2D eigenvalue weighted by molar-refractivity contribution is 0.571. The largest absolute Gasteiger partial charge is 0.325 e. The average molecular weight is 462 g/mol. The number of anilines is 2. The van der Waals surface area contributed by atoms with Crippen molar-refractivity contribution in [3.8, 4) is 23.1 Å². The first-order valence-corrected chi connectivity index (χ1v) is 11.6. The van der Waals surface area contributed by atoms with Gasteiger partial charge in [0.05, 0.1) is 28.5 Å². The van der Waals surface area contributed by atoms with Crippen LogP contribution >= 0.6 is 0 Å². The minimum atomic E-state index is 0.632. The Hall–Kier alpha value is -4.58. The maximum Gasteiger partial charge on any atom is 0.159 e. The van der Waals surface area contributed by atoms with Crippen LogP contribution < -0.4 is 5.32 Å². The summed E-state index contributed by atoms with van der Waals surface area (Å²) in [6.45, 7) is 4.85. The monoisotopic (exact) mass is 461 g/mol. The number of nitrogens with one attached hydrogen (secondary N) is 1. The Labute approximate surface area is 202 Å². The summed E-state index contributed by atoms with van der Waals surface area (Å²) in [6.07, 6.45) is 5.75. The second-order valence-electron chi connectivity index (χ2n) is 8.89. The molecule has 0 bridgehead atoms. The van der Waals surface area contributed by atoms with E-state index in [1.54, 1.807) is 10.9 Å². The SMILES string of the molecule is Cc1c(-c2ccc(C#N)cc2)nn(CC2CC2)c1Nc1cc(-n2nc(C)c3ncccc32)ncn1. The van der Waals surface area contributed by atoms with Gasteiger partial charge in [-0.15, -0.1) is 0 Å². The molecule has 172 valence electrons. The number of aryl methyl sites for hydroxylation is 1. The van der Waals surface area contributed by atoms with Gasteiger partial charge in [-0.2, -0.15) is 15.5 Å². The van der Waals surface area contributed by atoms with Crippen molar-refractivity contribution in [2.75, 3.05) is 5.32 Å². The molecule has 0 amide bonds. The Morgan fingerprint density at radius 3 is 2.66 bits per heavy atom. The smallest absolute Gasteiger partial charge is 0.159 e. The van der Waals surface area contributed by atoms with Gasteiger partial charge in [0.15, 0.2) is 5.82 Å². The number of aromatic nitrogens is 7. The highest BCUT2D eigenvalue weighted by Gasteiger charge is 2.25. The van der Waals surface area contributed by atoms with Gasteiger partial charge < -0.3 is 5.32 Å². The van der Waals surface area contributed by atoms with Gasteiger partial charge in [0.25, 0.3) is 0 Å². The molecule has 1 N–H and O–H groups in total. The van der Waals surface area contributed by atoms with Crippen LogP contribution in [0.2, 0.25) is 0 Å². The lowest BCUT2D eigenvalue weighted by Crippen LogP contribution is -2.08. The highest BCUT2D eigenvalue weighted by Crippen LogP contribution is 2.35. The summed E-state index contributed by atoms with van der Waals surface area (Å²) in [6, 6.07) is 15.5. The summed E-state index contributed by atoms with van der Waals surface area (Å²) in [5.41, 5.74) is 6.13. The predicted octanol–water partition coefficient (Wildman–Crippen LogP) is 4.72. The molecule has 9 nitrogen and oxygen atoms in total. The molecule has 0 unspecified atom stereocenters. The molecule has 9 heteroatoms. The average Bonchev–Trinajstić information content (AvgIpc) is 3.58. The molecule has 4 aromatic heterocycles. The number of benzene rings is 1. The van der Waals surface area contributed by atoms with Gasteiger partial charge in [0.2, 0.25) is 0 Å². The number of nitrogens with zero attached hydrogens (tertiary/aromatic N) is 8. The first kappa shape index (κ1) is 21.0. The highest BCUT2D eigenvalue weighted by atomic mass is 15.4. The van der Waals surface area contributed by atoms with Gasteiger partial charge in [-0.3, -0.25) is 4.98 Å². The van der Waals surface area contributed by atoms with Crippen LogP contribution in [0.25, 0.3) is 28.1 Å². The molecular weight excluding hydrogens is 438 g/mol. The number of hydrogen-bond acceptors (Lipinski definition) is 7. The predicted molar refractivity (Wildman–Crippen MR) is 132 cm³/mol. The van der Waals surface area contributed by atoms with E-state index in [2.05, 4.69) is 38.4 Å². The van der Waals surface area contributed by atoms with Crippen molar-refractivity contribution in [1.29, 1.82) is 5.26 Å². The standard InChI is InChI=1S/C26H23N9/c1-16-24(20-9-7-18(13-27)8-10-20)33-34(14-19-5-6-19)26(16)31-22-12-23(30-15-29-22)35-21-4-3-11-28-25(21)17(2)32-35/h3-4,7-12,15,19H,5-6,14H2,1-2H3,(H,29,30,31). The molecule has 1 aromatic carbocycles. The summed E-state index contributed by atoms with van der Waals surface area (Å²) in [5.74, 6) is 2.87. The maximum atomic E-state index is 9.14. The Morgan fingerprint density at radius 2 is 1.89 bits per heavy atom. The molecule has 1 aliphatic carbocycles. The quantitative estimate of drug-likeness (QED) is 0.390. The van der Waals surface area contributed by atoms with Crippen molar-refractivity contribution in [3.05, 3.63) is 71.8 Å². The first-order chi connectivity index (χ1) is 17.1. The van der Waals surface area contributed by atoms with Crippen molar-refractivity contribution >= 4 is 22.7 Å². The van der Waals surface area contributed by atoms with E-state index in [1.165, 1.54) is 19.2 Å². The van der Waals surface area contributed by atoms with Crippen LogP contribution in [-0.4, -0.2) is 34.5 Å². The van der Waals surface area contributed by atoms with Gasteiger partial charge in [-0.25, -0.2) is 19.3 Å². The third-order valence-electron chi connectivity index (χ3n) is 6.33. The zero-order valence-corrected chi connectivity index (χ0v) is 19.5. The van der Waals surface area contributed by atoms with Crippen LogP contribution in [0.5, 0.6) is 0 Å². The lowest BCUT2D eigenvalue weighted by atomic mass is 10.1. The van der Waals surface area contributed by atoms with Gasteiger partial charge in [-0.1, -0.05) is 12.1 Å². The molecule has 0 atom stereocenters. The Kier molecular flexibility index (Phi) is 4.99. The Balaban J connectivity index is 1.38. The molecule has 5 aromatic rings. The lowest BCUT2D eigenvalue weighted by Gasteiger charge is -2.11. The van der Waals surface area contributed by atoms with E-state index >= 15 is 0 Å². The second-order valence-corrected chi connectivity index (χ2v) is 8.89. The van der Waals surface area contributed by atoms with E-state index in [-0.39, 0.29) is 0 Å². The fourth-order valence-corrected chi connectivity index (χ4v) is 4.29. The molecule has 1 aliphatic rings. The third-order valence-corrected chi connectivity index (χ3v) is 6.33. The van der Waals surface area contributed by atoms with Crippen molar-refractivity contribution < 1.29 is 0 Å². The topological polar surface area (TPSA) is 110 Å². The van der Waals surface area contributed by atoms with Gasteiger partial charge in [0.1, 0.15) is 23.5 Å². The van der Waals surface area contributed by atoms with Crippen LogP contribution in [0.15, 0.2) is 55.0 Å². The van der Waals surface area contributed by atoms with Crippen LogP contribution in [0.3, 0.4) is 0 Å². The van der Waals surface area contributed by atoms with Gasteiger partial charge in [0, 0.05) is 29.9 Å². The van der Waals surface area contributed by atoms with Crippen molar-refractivity contribution in [3.63, 3.8) is 0 Å². The molecule has 6 rings (SSSR count). The molecular formula is C26H23N9. The molecule has 4 heterocycles. The first-order valence-electron chi connectivity index (χ1n) is 11.6. The zero-order valence-electron chi connectivity index (χ0n) is 19.5. The van der Waals surface area contributed by atoms with E-state index < -0.39 is 0 Å².